The molecule has 0 radical (unpaired) electrons. The average Bonchev–Trinajstić information content (AvgIpc) is 3.30. The number of anilines is 1. The maximum atomic E-state index is 13.6. The van der Waals surface area contributed by atoms with E-state index in [0.29, 0.717) is 36.9 Å². The Balaban J connectivity index is 1.60. The predicted octanol–water partition coefficient (Wildman–Crippen LogP) is 4.47. The van der Waals surface area contributed by atoms with Crippen LogP contribution in [0.4, 0.5) is 5.13 Å². The lowest BCUT2D eigenvalue weighted by atomic mass is 10.2. The number of ether oxygens (including phenoxy) is 1. The summed E-state index contributed by atoms with van der Waals surface area (Å²) in [6.45, 7) is 4.95. The zero-order chi connectivity index (χ0) is 25.7. The van der Waals surface area contributed by atoms with Crippen molar-refractivity contribution in [2.45, 2.75) is 37.5 Å². The Morgan fingerprint density at radius 1 is 1.06 bits per heavy atom. The molecule has 0 N–H and O–H groups in total. The summed E-state index contributed by atoms with van der Waals surface area (Å²) in [4.78, 5) is 22.4. The van der Waals surface area contributed by atoms with Crippen LogP contribution in [-0.4, -0.2) is 75.4 Å². The molecule has 1 aliphatic heterocycles. The lowest BCUT2D eigenvalue weighted by Crippen LogP contribution is -2.35. The summed E-state index contributed by atoms with van der Waals surface area (Å²) in [6, 6.07) is 12.0. The van der Waals surface area contributed by atoms with Gasteiger partial charge in [-0.15, -0.1) is 0 Å². The lowest BCUT2D eigenvalue weighted by molar-refractivity contribution is 0.0986. The predicted molar refractivity (Wildman–Crippen MR) is 145 cm³/mol. The molecule has 4 rings (SSSR count). The zero-order valence-electron chi connectivity index (χ0n) is 21.1. The van der Waals surface area contributed by atoms with E-state index in [1.54, 1.807) is 33.5 Å². The molecule has 0 unspecified atom stereocenters. The monoisotopic (exact) mass is 530 g/mol. The van der Waals surface area contributed by atoms with Crippen molar-refractivity contribution >= 4 is 42.6 Å². The summed E-state index contributed by atoms with van der Waals surface area (Å²) >= 11 is 1.45. The number of rotatable bonds is 10. The average molecular weight is 531 g/mol. The highest BCUT2D eigenvalue weighted by atomic mass is 32.2. The number of thiazole rings is 1. The fourth-order valence-electron chi connectivity index (χ4n) is 4.27. The van der Waals surface area contributed by atoms with Crippen molar-refractivity contribution in [1.82, 2.24) is 14.2 Å². The van der Waals surface area contributed by atoms with Gasteiger partial charge in [0.1, 0.15) is 5.75 Å². The van der Waals surface area contributed by atoms with Crippen LogP contribution in [0.5, 0.6) is 5.75 Å². The molecule has 1 aromatic heterocycles. The minimum absolute atomic E-state index is 0.195. The second-order valence-corrected chi connectivity index (χ2v) is 12.1. The molecule has 8 nitrogen and oxygen atoms in total. The fraction of sp³-hybridized carbons (Fsp3) is 0.462. The van der Waals surface area contributed by atoms with Gasteiger partial charge in [0.15, 0.2) is 5.13 Å². The van der Waals surface area contributed by atoms with Crippen LogP contribution in [0.2, 0.25) is 0 Å². The van der Waals surface area contributed by atoms with Crippen molar-refractivity contribution in [3.63, 3.8) is 0 Å². The van der Waals surface area contributed by atoms with Gasteiger partial charge in [0.05, 0.1) is 21.7 Å². The van der Waals surface area contributed by atoms with Crippen molar-refractivity contribution in [2.24, 2.45) is 0 Å². The molecule has 10 heteroatoms. The third-order valence-corrected chi connectivity index (χ3v) is 9.13. The number of fused-ring (bicyclic) bond motifs is 1. The van der Waals surface area contributed by atoms with Crippen molar-refractivity contribution in [1.29, 1.82) is 0 Å². The Morgan fingerprint density at radius 2 is 1.78 bits per heavy atom. The van der Waals surface area contributed by atoms with Crippen LogP contribution >= 0.6 is 11.3 Å². The first kappa shape index (κ1) is 26.5. The van der Waals surface area contributed by atoms with Gasteiger partial charge < -0.3 is 9.64 Å². The van der Waals surface area contributed by atoms with Crippen LogP contribution in [-0.2, 0) is 10.0 Å². The Hall–Kier alpha value is -2.53. The second-order valence-electron chi connectivity index (χ2n) is 9.16. The van der Waals surface area contributed by atoms with Gasteiger partial charge in [-0.25, -0.2) is 13.4 Å². The molecule has 0 saturated carbocycles. The Labute approximate surface area is 217 Å². The lowest BCUT2D eigenvalue weighted by Gasteiger charge is -2.26. The van der Waals surface area contributed by atoms with Crippen LogP contribution in [0.25, 0.3) is 10.2 Å². The van der Waals surface area contributed by atoms with E-state index in [-0.39, 0.29) is 10.8 Å². The SMILES string of the molecule is CCOc1ccc2nc(N(CCCN(C)C)C(=O)c3ccc(S(=O)(=O)N4CCCCC4)cc3)sc2c1. The Morgan fingerprint density at radius 3 is 2.44 bits per heavy atom. The third kappa shape index (κ3) is 6.05. The summed E-state index contributed by atoms with van der Waals surface area (Å²) in [5, 5.41) is 0.618. The zero-order valence-corrected chi connectivity index (χ0v) is 22.8. The Bertz CT molecular complexity index is 1280. The number of carbonyl (C=O) groups is 1. The quantitative estimate of drug-likeness (QED) is 0.385. The molecule has 0 spiro atoms. The van der Waals surface area contributed by atoms with Crippen molar-refractivity contribution in [3.8, 4) is 5.75 Å². The van der Waals surface area contributed by atoms with Gasteiger partial charge in [-0.05, 0) is 89.3 Å². The molecule has 1 amide bonds. The molecule has 2 aromatic carbocycles. The minimum atomic E-state index is -3.55. The van der Waals surface area contributed by atoms with Crippen LogP contribution in [0.3, 0.4) is 0 Å². The molecular formula is C26H34N4O4S2. The third-order valence-electron chi connectivity index (χ3n) is 6.18. The van der Waals surface area contributed by atoms with E-state index in [9.17, 15) is 13.2 Å². The summed E-state index contributed by atoms with van der Waals surface area (Å²) in [6.07, 6.45) is 3.60. The molecule has 194 valence electrons. The highest BCUT2D eigenvalue weighted by molar-refractivity contribution is 7.89. The van der Waals surface area contributed by atoms with E-state index >= 15 is 0 Å². The highest BCUT2D eigenvalue weighted by Gasteiger charge is 2.27. The molecule has 1 aliphatic rings. The van der Waals surface area contributed by atoms with Gasteiger partial charge in [-0.2, -0.15) is 4.31 Å². The molecule has 0 bridgehead atoms. The van der Waals surface area contributed by atoms with Crippen LogP contribution < -0.4 is 9.64 Å². The van der Waals surface area contributed by atoms with Gasteiger partial charge in [-0.1, -0.05) is 17.8 Å². The molecule has 2 heterocycles. The molecule has 1 saturated heterocycles. The molecule has 0 atom stereocenters. The number of hydrogen-bond donors (Lipinski definition) is 0. The number of benzene rings is 2. The number of sulfonamides is 1. The van der Waals surface area contributed by atoms with Crippen molar-refractivity contribution in [3.05, 3.63) is 48.0 Å². The summed E-state index contributed by atoms with van der Waals surface area (Å²) in [7, 11) is 0.455. The molecule has 1 fully saturated rings. The van der Waals surface area contributed by atoms with Crippen LogP contribution in [0.15, 0.2) is 47.4 Å². The first-order valence-electron chi connectivity index (χ1n) is 12.4. The van der Waals surface area contributed by atoms with Gasteiger partial charge in [-0.3, -0.25) is 9.69 Å². The van der Waals surface area contributed by atoms with Gasteiger partial charge in [0.25, 0.3) is 5.91 Å². The molecule has 3 aromatic rings. The smallest absolute Gasteiger partial charge is 0.260 e. The van der Waals surface area contributed by atoms with Gasteiger partial charge >= 0.3 is 0 Å². The second kappa shape index (κ2) is 11.7. The summed E-state index contributed by atoms with van der Waals surface area (Å²) < 4.78 is 34.1. The summed E-state index contributed by atoms with van der Waals surface area (Å²) in [5.41, 5.74) is 1.25. The standard InChI is InChI=1S/C26H34N4O4S2/c1-4-34-21-11-14-23-24(19-21)35-26(27-23)30(18-8-15-28(2)3)25(31)20-9-12-22(13-10-20)36(32,33)29-16-6-5-7-17-29/h9-14,19H,4-8,15-18H2,1-3H3. The summed E-state index contributed by atoms with van der Waals surface area (Å²) in [5.74, 6) is 0.580. The molecule has 0 aliphatic carbocycles. The number of hydrogen-bond acceptors (Lipinski definition) is 7. The largest absolute Gasteiger partial charge is 0.494 e. The number of nitrogens with zero attached hydrogens (tertiary/aromatic N) is 4. The minimum Gasteiger partial charge on any atom is -0.494 e. The maximum absolute atomic E-state index is 13.6. The first-order chi connectivity index (χ1) is 17.3. The van der Waals surface area contributed by atoms with E-state index in [4.69, 9.17) is 9.72 Å². The van der Waals surface area contributed by atoms with E-state index in [0.717, 1.165) is 48.2 Å². The topological polar surface area (TPSA) is 83.0 Å². The maximum Gasteiger partial charge on any atom is 0.260 e. The Kier molecular flexibility index (Phi) is 8.61. The fourth-order valence-corrected chi connectivity index (χ4v) is 6.81. The molecule has 36 heavy (non-hydrogen) atoms. The van der Waals surface area contributed by atoms with Crippen molar-refractivity contribution < 1.29 is 17.9 Å². The van der Waals surface area contributed by atoms with Crippen LogP contribution in [0.1, 0.15) is 43.0 Å². The highest BCUT2D eigenvalue weighted by Crippen LogP contribution is 2.32. The van der Waals surface area contributed by atoms with E-state index in [1.165, 1.54) is 11.3 Å². The number of aromatic nitrogens is 1. The van der Waals surface area contributed by atoms with Crippen molar-refractivity contribution in [2.75, 3.05) is 51.8 Å². The number of carbonyl (C=O) groups excluding carboxylic acids is 1. The number of amides is 1. The number of piperidine rings is 1. The van der Waals surface area contributed by atoms with E-state index in [1.807, 2.05) is 39.2 Å². The van der Waals surface area contributed by atoms with Crippen LogP contribution in [0, 0.1) is 0 Å². The van der Waals surface area contributed by atoms with Gasteiger partial charge in [0.2, 0.25) is 10.0 Å². The van der Waals surface area contributed by atoms with E-state index < -0.39 is 10.0 Å². The normalized spacial score (nSPS) is 14.9. The molecular weight excluding hydrogens is 496 g/mol. The van der Waals surface area contributed by atoms with Gasteiger partial charge in [0, 0.05) is 25.2 Å². The first-order valence-corrected chi connectivity index (χ1v) is 14.7. The van der Waals surface area contributed by atoms with E-state index in [2.05, 4.69) is 4.90 Å².